The molecule has 0 aromatic carbocycles. The lowest BCUT2D eigenvalue weighted by atomic mass is 10.0. The minimum absolute atomic E-state index is 0.0751. The number of carbonyl (C=O) groups is 2. The van der Waals surface area contributed by atoms with E-state index in [1.165, 1.54) is 70.6 Å². The van der Waals surface area contributed by atoms with Gasteiger partial charge in [-0.2, -0.15) is 0 Å². The van der Waals surface area contributed by atoms with Gasteiger partial charge < -0.3 is 16.8 Å². The Balaban J connectivity index is 3.43. The van der Waals surface area contributed by atoms with Crippen LogP contribution in [0.1, 0.15) is 110 Å². The Kier molecular flexibility index (Phi) is 17.9. The maximum Gasteiger partial charge on any atom is 0.240 e. The third-order valence-corrected chi connectivity index (χ3v) is 4.88. The first-order chi connectivity index (χ1) is 12.6. The fourth-order valence-electron chi connectivity index (χ4n) is 3.18. The molecule has 0 aromatic heterocycles. The quantitative estimate of drug-likeness (QED) is 0.298. The number of hydrogen-bond acceptors (Lipinski definition) is 3. The number of nitrogens with two attached hydrogens (primary N) is 2. The monoisotopic (exact) mass is 369 g/mol. The molecule has 5 heteroatoms. The first-order valence-electron chi connectivity index (χ1n) is 10.9. The highest BCUT2D eigenvalue weighted by Gasteiger charge is 2.16. The van der Waals surface area contributed by atoms with Crippen LogP contribution in [0.3, 0.4) is 0 Å². The highest BCUT2D eigenvalue weighted by molar-refractivity contribution is 5.86. The number of primary amides is 1. The maximum absolute atomic E-state index is 11.9. The van der Waals surface area contributed by atoms with Crippen LogP contribution in [0.2, 0.25) is 0 Å². The molecule has 0 saturated carbocycles. The molecule has 26 heavy (non-hydrogen) atoms. The van der Waals surface area contributed by atoms with Crippen LogP contribution in [-0.2, 0) is 9.59 Å². The van der Waals surface area contributed by atoms with Crippen LogP contribution in [0.4, 0.5) is 0 Å². The number of nitrogens with one attached hydrogen (secondary N) is 1. The molecule has 1 atom stereocenters. The van der Waals surface area contributed by atoms with Crippen LogP contribution >= 0.6 is 0 Å². The normalized spacial score (nSPS) is 12.1. The van der Waals surface area contributed by atoms with E-state index >= 15 is 0 Å². The molecule has 0 bridgehead atoms. The van der Waals surface area contributed by atoms with E-state index < -0.39 is 11.9 Å². The number of unbranched alkanes of at least 4 members (excludes halogenated alkanes) is 12. The Morgan fingerprint density at radius 1 is 0.769 bits per heavy atom. The lowest BCUT2D eigenvalue weighted by molar-refractivity contribution is -0.127. The lowest BCUT2D eigenvalue weighted by Crippen LogP contribution is -2.44. The summed E-state index contributed by atoms with van der Waals surface area (Å²) in [5, 5.41) is 2.73. The molecular formula is C21H43N3O2. The summed E-state index contributed by atoms with van der Waals surface area (Å²) in [4.78, 5) is 23.2. The summed E-state index contributed by atoms with van der Waals surface area (Å²) in [6.45, 7) is 2.76. The number of carbonyl (C=O) groups excluding carboxylic acids is 2. The van der Waals surface area contributed by atoms with Crippen molar-refractivity contribution in [3.8, 4) is 0 Å². The van der Waals surface area contributed by atoms with Gasteiger partial charge in [0.1, 0.15) is 6.04 Å². The smallest absolute Gasteiger partial charge is 0.240 e. The molecular weight excluding hydrogens is 326 g/mol. The van der Waals surface area contributed by atoms with Gasteiger partial charge in [-0.3, -0.25) is 9.59 Å². The van der Waals surface area contributed by atoms with E-state index in [0.29, 0.717) is 25.8 Å². The van der Waals surface area contributed by atoms with Crippen molar-refractivity contribution in [2.75, 3.05) is 6.54 Å². The van der Waals surface area contributed by atoms with Crippen LogP contribution in [0.5, 0.6) is 0 Å². The molecule has 2 amide bonds. The average Bonchev–Trinajstić information content (AvgIpc) is 2.62. The lowest BCUT2D eigenvalue weighted by Gasteiger charge is -2.14. The standard InChI is InChI=1S/C21H43N3O2/c1-2-3-4-5-6-7-8-9-10-11-12-13-14-17-20(25)24-19(21(23)26)16-15-18-22/h19H,2-18,22H2,1H3,(H2,23,26)(H,24,25)/t19-/m0/s1. The first kappa shape index (κ1) is 24.9. The van der Waals surface area contributed by atoms with Crippen molar-refractivity contribution in [2.45, 2.75) is 116 Å². The minimum atomic E-state index is -0.576. The molecule has 0 aliphatic carbocycles. The van der Waals surface area contributed by atoms with E-state index in [2.05, 4.69) is 12.2 Å². The Morgan fingerprint density at radius 3 is 1.65 bits per heavy atom. The number of amides is 2. The van der Waals surface area contributed by atoms with Crippen molar-refractivity contribution in [1.82, 2.24) is 5.32 Å². The molecule has 5 nitrogen and oxygen atoms in total. The summed E-state index contributed by atoms with van der Waals surface area (Å²) in [6, 6.07) is -0.576. The van der Waals surface area contributed by atoms with Gasteiger partial charge in [-0.15, -0.1) is 0 Å². The van der Waals surface area contributed by atoms with E-state index in [1.54, 1.807) is 0 Å². The SMILES string of the molecule is CCCCCCCCCCCCCCCC(=O)N[C@@H](CCCN)C(N)=O. The molecule has 0 rings (SSSR count). The fraction of sp³-hybridized carbons (Fsp3) is 0.905. The molecule has 0 aromatic rings. The molecule has 0 unspecified atom stereocenters. The van der Waals surface area contributed by atoms with E-state index in [0.717, 1.165) is 12.8 Å². The van der Waals surface area contributed by atoms with Crippen LogP contribution in [-0.4, -0.2) is 24.4 Å². The Labute approximate surface area is 161 Å². The van der Waals surface area contributed by atoms with Crippen molar-refractivity contribution >= 4 is 11.8 Å². The van der Waals surface area contributed by atoms with Gasteiger partial charge >= 0.3 is 0 Å². The van der Waals surface area contributed by atoms with Gasteiger partial charge in [0, 0.05) is 6.42 Å². The van der Waals surface area contributed by atoms with Gasteiger partial charge in [-0.25, -0.2) is 0 Å². The topological polar surface area (TPSA) is 98.2 Å². The van der Waals surface area contributed by atoms with Crippen molar-refractivity contribution in [2.24, 2.45) is 11.5 Å². The molecule has 0 saturated heterocycles. The summed E-state index contributed by atoms with van der Waals surface area (Å²) in [7, 11) is 0. The Hall–Kier alpha value is -1.10. The second-order valence-electron chi connectivity index (χ2n) is 7.45. The molecule has 0 radical (unpaired) electrons. The van der Waals surface area contributed by atoms with E-state index in [4.69, 9.17) is 11.5 Å². The minimum Gasteiger partial charge on any atom is -0.368 e. The highest BCUT2D eigenvalue weighted by atomic mass is 16.2. The Bertz CT molecular complexity index is 348. The van der Waals surface area contributed by atoms with Crippen LogP contribution in [0.15, 0.2) is 0 Å². The fourth-order valence-corrected chi connectivity index (χ4v) is 3.18. The van der Waals surface area contributed by atoms with Gasteiger partial charge in [0.25, 0.3) is 0 Å². The summed E-state index contributed by atoms with van der Waals surface area (Å²) < 4.78 is 0. The average molecular weight is 370 g/mol. The molecule has 0 spiro atoms. The summed E-state index contributed by atoms with van der Waals surface area (Å²) in [5.41, 5.74) is 10.7. The second kappa shape index (κ2) is 18.7. The van der Waals surface area contributed by atoms with Crippen LogP contribution < -0.4 is 16.8 Å². The zero-order valence-corrected chi connectivity index (χ0v) is 17.1. The number of rotatable bonds is 19. The van der Waals surface area contributed by atoms with Gasteiger partial charge in [0.2, 0.25) is 11.8 Å². The third kappa shape index (κ3) is 16.4. The predicted octanol–water partition coefficient (Wildman–Crippen LogP) is 4.18. The van der Waals surface area contributed by atoms with Crippen molar-refractivity contribution < 1.29 is 9.59 Å². The summed E-state index contributed by atoms with van der Waals surface area (Å²) in [6.07, 6.45) is 18.4. The van der Waals surface area contributed by atoms with Crippen LogP contribution in [0.25, 0.3) is 0 Å². The van der Waals surface area contributed by atoms with Gasteiger partial charge in [0.05, 0.1) is 0 Å². The first-order valence-corrected chi connectivity index (χ1v) is 10.9. The largest absolute Gasteiger partial charge is 0.368 e. The molecule has 154 valence electrons. The molecule has 0 heterocycles. The van der Waals surface area contributed by atoms with Gasteiger partial charge in [-0.05, 0) is 25.8 Å². The molecule has 5 N–H and O–H groups in total. The molecule has 0 aliphatic heterocycles. The Morgan fingerprint density at radius 2 is 1.23 bits per heavy atom. The van der Waals surface area contributed by atoms with E-state index in [1.807, 2.05) is 0 Å². The van der Waals surface area contributed by atoms with Crippen LogP contribution in [0, 0.1) is 0 Å². The van der Waals surface area contributed by atoms with Crippen molar-refractivity contribution in [3.63, 3.8) is 0 Å². The van der Waals surface area contributed by atoms with Crippen molar-refractivity contribution in [1.29, 1.82) is 0 Å². The predicted molar refractivity (Wildman–Crippen MR) is 110 cm³/mol. The zero-order valence-electron chi connectivity index (χ0n) is 17.1. The van der Waals surface area contributed by atoms with Gasteiger partial charge in [-0.1, -0.05) is 84.0 Å². The molecule has 0 aliphatic rings. The third-order valence-electron chi connectivity index (χ3n) is 4.88. The summed E-state index contributed by atoms with van der Waals surface area (Å²) in [5.74, 6) is -0.550. The highest BCUT2D eigenvalue weighted by Crippen LogP contribution is 2.13. The molecule has 0 fully saturated rings. The van der Waals surface area contributed by atoms with Crippen molar-refractivity contribution in [3.05, 3.63) is 0 Å². The van der Waals surface area contributed by atoms with E-state index in [9.17, 15) is 9.59 Å². The zero-order chi connectivity index (χ0) is 19.5. The number of hydrogen-bond donors (Lipinski definition) is 3. The van der Waals surface area contributed by atoms with Gasteiger partial charge in [0.15, 0.2) is 0 Å². The van der Waals surface area contributed by atoms with E-state index in [-0.39, 0.29) is 5.91 Å². The summed E-state index contributed by atoms with van der Waals surface area (Å²) >= 11 is 0. The maximum atomic E-state index is 11.9. The second-order valence-corrected chi connectivity index (χ2v) is 7.45.